The van der Waals surface area contributed by atoms with Gasteiger partial charge in [0.1, 0.15) is 11.5 Å². The Morgan fingerprint density at radius 3 is 2.74 bits per heavy atom. The third-order valence-corrected chi connectivity index (χ3v) is 6.85. The summed E-state index contributed by atoms with van der Waals surface area (Å²) in [6, 6.07) is 7.66. The normalized spacial score (nSPS) is 22.5. The monoisotopic (exact) mass is 477 g/mol. The van der Waals surface area contributed by atoms with Gasteiger partial charge >= 0.3 is 0 Å². The molecule has 1 saturated heterocycles. The van der Waals surface area contributed by atoms with E-state index in [2.05, 4.69) is 15.3 Å². The Balaban J connectivity index is 1.67. The van der Waals surface area contributed by atoms with Crippen LogP contribution >= 0.6 is 0 Å². The number of pyridine rings is 1. The molecule has 2 aliphatic heterocycles. The predicted octanol–water partition coefficient (Wildman–Crippen LogP) is 1.38. The van der Waals surface area contributed by atoms with Crippen molar-refractivity contribution < 1.29 is 19.1 Å². The van der Waals surface area contributed by atoms with Crippen LogP contribution < -0.4 is 10.9 Å². The van der Waals surface area contributed by atoms with E-state index >= 15 is 0 Å². The first kappa shape index (κ1) is 22.9. The fourth-order valence-corrected chi connectivity index (χ4v) is 5.39. The number of rotatable bonds is 5. The van der Waals surface area contributed by atoms with Gasteiger partial charge in [-0.3, -0.25) is 19.4 Å². The third-order valence-electron chi connectivity index (χ3n) is 6.85. The molecule has 1 aromatic carbocycles. The summed E-state index contributed by atoms with van der Waals surface area (Å²) in [6.07, 6.45) is 4.22. The fourth-order valence-electron chi connectivity index (χ4n) is 5.39. The van der Waals surface area contributed by atoms with Crippen LogP contribution in [0.4, 0.5) is 4.39 Å². The van der Waals surface area contributed by atoms with Crippen molar-refractivity contribution in [1.82, 2.24) is 24.8 Å². The molecular weight excluding hydrogens is 453 g/mol. The Bertz CT molecular complexity index is 1350. The highest BCUT2D eigenvalue weighted by Gasteiger charge is 2.57. The summed E-state index contributed by atoms with van der Waals surface area (Å²) in [5.41, 5.74) is 1.01. The van der Waals surface area contributed by atoms with Crippen LogP contribution in [0.3, 0.4) is 0 Å². The number of carbonyl (C=O) groups is 2. The molecule has 0 spiro atoms. The van der Waals surface area contributed by atoms with E-state index in [9.17, 15) is 23.9 Å². The second-order valence-electron chi connectivity index (χ2n) is 8.68. The standard InChI is InChI=1S/C25H24FN5O4/c1-2-28-23(33)21-17(13-32)20-12-30-19(22(21)31(20)25(35)18-11-27-8-9-29-18)7-6-16(24(30)34)14-4-3-5-15(26)10-14/h3-11,17,20-22,32H,2,12-13H2,1H3,(H,28,33)/t17-,20-,21+,22+/m0/s1. The number of fused-ring (bicyclic) bond motifs is 4. The summed E-state index contributed by atoms with van der Waals surface area (Å²) in [4.78, 5) is 49.9. The van der Waals surface area contributed by atoms with Crippen molar-refractivity contribution in [3.05, 3.63) is 82.5 Å². The zero-order valence-corrected chi connectivity index (χ0v) is 19.0. The minimum absolute atomic E-state index is 0.0843. The molecule has 2 N–H and O–H groups in total. The van der Waals surface area contributed by atoms with Crippen LogP contribution in [0.2, 0.25) is 0 Å². The van der Waals surface area contributed by atoms with Crippen LogP contribution in [-0.4, -0.2) is 55.5 Å². The van der Waals surface area contributed by atoms with Gasteiger partial charge in [-0.1, -0.05) is 12.1 Å². The van der Waals surface area contributed by atoms with Crippen LogP contribution in [0.25, 0.3) is 11.1 Å². The van der Waals surface area contributed by atoms with E-state index in [1.54, 1.807) is 30.0 Å². The largest absolute Gasteiger partial charge is 0.396 e. The van der Waals surface area contributed by atoms with E-state index in [0.717, 1.165) is 0 Å². The average Bonchev–Trinajstić information content (AvgIpc) is 3.11. The molecule has 180 valence electrons. The Hall–Kier alpha value is -3.92. The Morgan fingerprint density at radius 1 is 1.23 bits per heavy atom. The summed E-state index contributed by atoms with van der Waals surface area (Å²) in [7, 11) is 0. The lowest BCUT2D eigenvalue weighted by Gasteiger charge is -2.38. The molecule has 0 unspecified atom stereocenters. The fraction of sp³-hybridized carbons (Fsp3) is 0.320. The minimum atomic E-state index is -0.791. The Kier molecular flexibility index (Phi) is 5.89. The SMILES string of the molecule is CCNC(=O)[C@@H]1[C@@H](CO)[C@@H]2Cn3c(ccc(-c4cccc(F)c4)c3=O)[C@H]1N2C(=O)c1cnccn1. The van der Waals surface area contributed by atoms with Gasteiger partial charge in [-0.05, 0) is 36.8 Å². The molecule has 1 fully saturated rings. The molecule has 0 saturated carbocycles. The number of hydrogen-bond donors (Lipinski definition) is 2. The molecule has 2 aliphatic rings. The van der Waals surface area contributed by atoms with E-state index in [4.69, 9.17) is 0 Å². The van der Waals surface area contributed by atoms with Gasteiger partial charge in [0.15, 0.2) is 0 Å². The second kappa shape index (κ2) is 9.03. The molecular formula is C25H24FN5O4. The number of nitrogens with zero attached hydrogens (tertiary/aromatic N) is 4. The van der Waals surface area contributed by atoms with E-state index in [1.165, 1.54) is 41.4 Å². The first-order chi connectivity index (χ1) is 17.0. The number of amides is 2. The van der Waals surface area contributed by atoms with E-state index < -0.39 is 35.6 Å². The summed E-state index contributed by atoms with van der Waals surface area (Å²) >= 11 is 0. The van der Waals surface area contributed by atoms with Crippen LogP contribution in [0.15, 0.2) is 59.8 Å². The molecule has 35 heavy (non-hydrogen) atoms. The van der Waals surface area contributed by atoms with Crippen LogP contribution in [-0.2, 0) is 11.3 Å². The first-order valence-electron chi connectivity index (χ1n) is 11.4. The topological polar surface area (TPSA) is 117 Å². The van der Waals surface area contributed by atoms with Gasteiger partial charge in [0.25, 0.3) is 11.5 Å². The van der Waals surface area contributed by atoms with Crippen LogP contribution in [0.1, 0.15) is 29.1 Å². The highest BCUT2D eigenvalue weighted by atomic mass is 19.1. The molecule has 0 radical (unpaired) electrons. The van der Waals surface area contributed by atoms with E-state index in [0.29, 0.717) is 23.4 Å². The van der Waals surface area contributed by atoms with Crippen molar-refractivity contribution >= 4 is 11.8 Å². The van der Waals surface area contributed by atoms with E-state index in [1.807, 2.05) is 0 Å². The number of carbonyl (C=O) groups excluding carboxylic acids is 2. The molecule has 4 heterocycles. The Morgan fingerprint density at radius 2 is 2.06 bits per heavy atom. The number of aliphatic hydroxyl groups excluding tert-OH is 1. The van der Waals surface area contributed by atoms with Crippen LogP contribution in [0.5, 0.6) is 0 Å². The van der Waals surface area contributed by atoms with Gasteiger partial charge in [-0.25, -0.2) is 9.37 Å². The van der Waals surface area contributed by atoms with E-state index in [-0.39, 0.29) is 30.3 Å². The average molecular weight is 477 g/mol. The summed E-state index contributed by atoms with van der Waals surface area (Å²) < 4.78 is 15.4. The maximum absolute atomic E-state index is 13.8. The third kappa shape index (κ3) is 3.70. The van der Waals surface area contributed by atoms with Crippen molar-refractivity contribution in [2.24, 2.45) is 11.8 Å². The maximum Gasteiger partial charge on any atom is 0.274 e. The lowest BCUT2D eigenvalue weighted by molar-refractivity contribution is -0.127. The van der Waals surface area contributed by atoms with Gasteiger partial charge in [-0.2, -0.15) is 0 Å². The summed E-state index contributed by atoms with van der Waals surface area (Å²) in [5, 5.41) is 13.1. The number of aromatic nitrogens is 3. The molecule has 10 heteroatoms. The van der Waals surface area contributed by atoms with Crippen LogP contribution in [0, 0.1) is 17.7 Å². The molecule has 2 amide bonds. The number of nitrogens with one attached hydrogen (secondary N) is 1. The summed E-state index contributed by atoms with van der Waals surface area (Å²) in [5.74, 6) is -2.54. The maximum atomic E-state index is 13.8. The second-order valence-corrected chi connectivity index (χ2v) is 8.68. The van der Waals surface area contributed by atoms with Crippen molar-refractivity contribution in [3.8, 4) is 11.1 Å². The lowest BCUT2D eigenvalue weighted by atomic mass is 9.86. The van der Waals surface area contributed by atoms with Crippen molar-refractivity contribution in [2.75, 3.05) is 13.2 Å². The zero-order chi connectivity index (χ0) is 24.7. The van der Waals surface area contributed by atoms with Crippen molar-refractivity contribution in [3.63, 3.8) is 0 Å². The summed E-state index contributed by atoms with van der Waals surface area (Å²) in [6.45, 7) is 1.92. The minimum Gasteiger partial charge on any atom is -0.396 e. The molecule has 5 rings (SSSR count). The highest BCUT2D eigenvalue weighted by molar-refractivity contribution is 5.94. The van der Waals surface area contributed by atoms with Gasteiger partial charge in [0, 0.05) is 49.3 Å². The van der Waals surface area contributed by atoms with Gasteiger partial charge in [-0.15, -0.1) is 0 Å². The Labute approximate surface area is 200 Å². The molecule has 3 aromatic rings. The van der Waals surface area contributed by atoms with Gasteiger partial charge in [0.05, 0.1) is 24.2 Å². The molecule has 4 atom stereocenters. The molecule has 9 nitrogen and oxygen atoms in total. The number of aliphatic hydroxyl groups is 1. The first-order valence-corrected chi connectivity index (χ1v) is 11.4. The molecule has 2 aromatic heterocycles. The number of hydrogen-bond acceptors (Lipinski definition) is 6. The van der Waals surface area contributed by atoms with Crippen molar-refractivity contribution in [2.45, 2.75) is 25.6 Å². The van der Waals surface area contributed by atoms with Gasteiger partial charge in [0.2, 0.25) is 5.91 Å². The zero-order valence-electron chi connectivity index (χ0n) is 19.0. The quantitative estimate of drug-likeness (QED) is 0.574. The van der Waals surface area contributed by atoms with Gasteiger partial charge < -0.3 is 19.9 Å². The number of halogens is 1. The molecule has 0 aliphatic carbocycles. The smallest absolute Gasteiger partial charge is 0.274 e. The molecule has 2 bridgehead atoms. The lowest BCUT2D eigenvalue weighted by Crippen LogP contribution is -2.49. The number of benzene rings is 1. The highest BCUT2D eigenvalue weighted by Crippen LogP contribution is 2.49. The van der Waals surface area contributed by atoms with Crippen molar-refractivity contribution in [1.29, 1.82) is 0 Å². The predicted molar refractivity (Wildman–Crippen MR) is 124 cm³/mol.